The molecule has 1 aromatic rings. The summed E-state index contributed by atoms with van der Waals surface area (Å²) in [5, 5.41) is 4.14. The predicted molar refractivity (Wildman–Crippen MR) is 91.3 cm³/mol. The Morgan fingerprint density at radius 2 is 2.09 bits per heavy atom. The molecule has 2 amide bonds. The number of anilines is 1. The third-order valence-electron chi connectivity index (χ3n) is 3.84. The van der Waals surface area contributed by atoms with Crippen molar-refractivity contribution in [2.45, 2.75) is 20.3 Å². The molecule has 0 saturated heterocycles. The van der Waals surface area contributed by atoms with Crippen LogP contribution >= 0.6 is 12.6 Å². The van der Waals surface area contributed by atoms with Gasteiger partial charge in [0.05, 0.1) is 5.71 Å². The van der Waals surface area contributed by atoms with E-state index in [-0.39, 0.29) is 23.7 Å². The molecule has 6 heteroatoms. The molecule has 0 saturated carbocycles. The zero-order valence-corrected chi connectivity index (χ0v) is 13.9. The first kappa shape index (κ1) is 16.5. The zero-order valence-electron chi connectivity index (χ0n) is 13.0. The van der Waals surface area contributed by atoms with E-state index in [9.17, 15) is 9.59 Å². The highest BCUT2D eigenvalue weighted by molar-refractivity contribution is 7.80. The fourth-order valence-corrected chi connectivity index (χ4v) is 2.55. The van der Waals surface area contributed by atoms with Crippen LogP contribution in [0.5, 0.6) is 0 Å². The molecule has 118 valence electrons. The van der Waals surface area contributed by atoms with E-state index in [2.05, 4.69) is 23.2 Å². The molecule has 2 rings (SSSR count). The molecular formula is C16H21N3O2S. The van der Waals surface area contributed by atoms with E-state index < -0.39 is 0 Å². The fraction of sp³-hybridized carbons (Fsp3) is 0.438. The van der Waals surface area contributed by atoms with E-state index in [1.54, 1.807) is 11.9 Å². The molecule has 1 aliphatic heterocycles. The van der Waals surface area contributed by atoms with Crippen molar-refractivity contribution in [2.75, 3.05) is 17.7 Å². The van der Waals surface area contributed by atoms with Gasteiger partial charge in [0.2, 0.25) is 11.8 Å². The van der Waals surface area contributed by atoms with Crippen LogP contribution in [0.15, 0.2) is 29.4 Å². The molecule has 5 nitrogen and oxygen atoms in total. The summed E-state index contributed by atoms with van der Waals surface area (Å²) in [6.07, 6.45) is 0.443. The number of hydrogen-bond donors (Lipinski definition) is 2. The van der Waals surface area contributed by atoms with Gasteiger partial charge in [-0.3, -0.25) is 9.59 Å². The van der Waals surface area contributed by atoms with E-state index >= 15 is 0 Å². The van der Waals surface area contributed by atoms with Gasteiger partial charge in [0.15, 0.2) is 0 Å². The van der Waals surface area contributed by atoms with Gasteiger partial charge in [-0.05, 0) is 17.7 Å². The Morgan fingerprint density at radius 1 is 1.45 bits per heavy atom. The van der Waals surface area contributed by atoms with Crippen molar-refractivity contribution in [3.05, 3.63) is 29.8 Å². The van der Waals surface area contributed by atoms with Crippen molar-refractivity contribution in [1.82, 2.24) is 5.43 Å². The van der Waals surface area contributed by atoms with Gasteiger partial charge in [-0.25, -0.2) is 5.43 Å². The Bertz CT molecular complexity index is 598. The number of amides is 2. The Balaban J connectivity index is 2.17. The summed E-state index contributed by atoms with van der Waals surface area (Å²) in [4.78, 5) is 25.1. The first-order valence-corrected chi connectivity index (χ1v) is 7.92. The lowest BCUT2D eigenvalue weighted by molar-refractivity contribution is -0.122. The van der Waals surface area contributed by atoms with Crippen molar-refractivity contribution in [1.29, 1.82) is 0 Å². The van der Waals surface area contributed by atoms with Crippen LogP contribution in [0.1, 0.15) is 25.8 Å². The van der Waals surface area contributed by atoms with Crippen molar-refractivity contribution in [2.24, 2.45) is 16.9 Å². The molecule has 2 atom stereocenters. The van der Waals surface area contributed by atoms with Crippen LogP contribution in [-0.2, 0) is 9.59 Å². The molecule has 1 aromatic carbocycles. The highest BCUT2D eigenvalue weighted by Crippen LogP contribution is 2.21. The molecule has 0 aromatic heterocycles. The molecular weight excluding hydrogens is 298 g/mol. The normalized spacial score (nSPS) is 19.2. The highest BCUT2D eigenvalue weighted by atomic mass is 32.1. The van der Waals surface area contributed by atoms with Gasteiger partial charge < -0.3 is 4.90 Å². The maximum Gasteiger partial charge on any atom is 0.240 e. The third kappa shape index (κ3) is 3.50. The first-order valence-electron chi connectivity index (χ1n) is 7.29. The monoisotopic (exact) mass is 319 g/mol. The van der Waals surface area contributed by atoms with Crippen LogP contribution in [0.2, 0.25) is 0 Å². The molecule has 0 fully saturated rings. The quantitative estimate of drug-likeness (QED) is 0.835. The smallest absolute Gasteiger partial charge is 0.240 e. The van der Waals surface area contributed by atoms with Gasteiger partial charge in [-0.2, -0.15) is 17.7 Å². The Kier molecular flexibility index (Phi) is 5.24. The van der Waals surface area contributed by atoms with E-state index in [1.807, 2.05) is 38.1 Å². The lowest BCUT2D eigenvalue weighted by Crippen LogP contribution is -2.33. The van der Waals surface area contributed by atoms with E-state index in [4.69, 9.17) is 0 Å². The minimum absolute atomic E-state index is 0.0402. The van der Waals surface area contributed by atoms with Crippen molar-refractivity contribution >= 4 is 35.8 Å². The van der Waals surface area contributed by atoms with Crippen molar-refractivity contribution in [3.63, 3.8) is 0 Å². The summed E-state index contributed by atoms with van der Waals surface area (Å²) in [5.41, 5.74) is 5.17. The van der Waals surface area contributed by atoms with Gasteiger partial charge in [0.1, 0.15) is 0 Å². The second-order valence-corrected chi connectivity index (χ2v) is 6.03. The number of carbonyl (C=O) groups excluding carboxylic acids is 2. The molecule has 0 aliphatic carbocycles. The SMILES string of the molecule is CC(CS)C(=O)N(C)c1ccc(C2=NNC(=O)CC2C)cc1. The number of benzene rings is 1. The van der Waals surface area contributed by atoms with Gasteiger partial charge in [0.25, 0.3) is 0 Å². The molecule has 0 spiro atoms. The molecule has 1 N–H and O–H groups in total. The number of nitrogens with zero attached hydrogens (tertiary/aromatic N) is 2. The van der Waals surface area contributed by atoms with Gasteiger partial charge >= 0.3 is 0 Å². The second-order valence-electron chi connectivity index (χ2n) is 5.66. The van der Waals surface area contributed by atoms with Crippen LogP contribution in [0.4, 0.5) is 5.69 Å². The lowest BCUT2D eigenvalue weighted by Gasteiger charge is -2.22. The average molecular weight is 319 g/mol. The number of nitrogens with one attached hydrogen (secondary N) is 1. The summed E-state index contributed by atoms with van der Waals surface area (Å²) < 4.78 is 0. The predicted octanol–water partition coefficient (Wildman–Crippen LogP) is 2.08. The average Bonchev–Trinajstić information content (AvgIpc) is 2.53. The molecule has 22 heavy (non-hydrogen) atoms. The van der Waals surface area contributed by atoms with Crippen LogP contribution in [0.3, 0.4) is 0 Å². The molecule has 2 unspecified atom stereocenters. The van der Waals surface area contributed by atoms with Crippen LogP contribution < -0.4 is 10.3 Å². The van der Waals surface area contributed by atoms with E-state index in [0.717, 1.165) is 17.0 Å². The molecule has 0 bridgehead atoms. The van der Waals surface area contributed by atoms with Crippen LogP contribution in [-0.4, -0.2) is 30.3 Å². The van der Waals surface area contributed by atoms with Crippen molar-refractivity contribution < 1.29 is 9.59 Å². The summed E-state index contributed by atoms with van der Waals surface area (Å²) in [5.74, 6) is 0.474. The maximum absolute atomic E-state index is 12.2. The number of hydrazone groups is 1. The third-order valence-corrected chi connectivity index (χ3v) is 4.38. The minimum atomic E-state index is -0.119. The Labute approximate surface area is 136 Å². The number of hydrogen-bond acceptors (Lipinski definition) is 4. The molecule has 0 radical (unpaired) electrons. The first-order chi connectivity index (χ1) is 10.4. The van der Waals surface area contributed by atoms with Gasteiger partial charge in [0, 0.05) is 36.7 Å². The number of rotatable bonds is 4. The minimum Gasteiger partial charge on any atom is -0.315 e. The topological polar surface area (TPSA) is 61.8 Å². The van der Waals surface area contributed by atoms with Crippen LogP contribution in [0.25, 0.3) is 0 Å². The maximum atomic E-state index is 12.2. The summed E-state index contributed by atoms with van der Waals surface area (Å²) in [6.45, 7) is 3.84. The lowest BCUT2D eigenvalue weighted by atomic mass is 9.94. The zero-order chi connectivity index (χ0) is 16.3. The van der Waals surface area contributed by atoms with Crippen LogP contribution in [0, 0.1) is 11.8 Å². The standard InChI is InChI=1S/C16H21N3O2S/c1-10-8-14(20)17-18-15(10)12-4-6-13(7-5-12)19(3)16(21)11(2)9-22/h4-7,10-11,22H,8-9H2,1-3H3,(H,17,20). The van der Waals surface area contributed by atoms with E-state index in [1.165, 1.54) is 0 Å². The molecule has 1 heterocycles. The summed E-state index contributed by atoms with van der Waals surface area (Å²) in [7, 11) is 1.76. The Hall–Kier alpha value is -1.82. The van der Waals surface area contributed by atoms with Gasteiger partial charge in [-0.1, -0.05) is 26.0 Å². The Morgan fingerprint density at radius 3 is 2.64 bits per heavy atom. The van der Waals surface area contributed by atoms with Crippen molar-refractivity contribution in [3.8, 4) is 0 Å². The summed E-state index contributed by atoms with van der Waals surface area (Å²) >= 11 is 4.17. The van der Waals surface area contributed by atoms with Gasteiger partial charge in [-0.15, -0.1) is 0 Å². The molecule has 1 aliphatic rings. The highest BCUT2D eigenvalue weighted by Gasteiger charge is 2.22. The van der Waals surface area contributed by atoms with E-state index in [0.29, 0.717) is 12.2 Å². The second kappa shape index (κ2) is 6.96. The number of thiol groups is 1. The largest absolute Gasteiger partial charge is 0.315 e. The number of carbonyl (C=O) groups is 2. The fourth-order valence-electron chi connectivity index (χ4n) is 2.39. The summed E-state index contributed by atoms with van der Waals surface area (Å²) in [6, 6.07) is 7.64.